The molecule has 2 aromatic rings. The summed E-state index contributed by atoms with van der Waals surface area (Å²) < 4.78 is 12.2. The molecule has 2 aromatic carbocycles. The predicted molar refractivity (Wildman–Crippen MR) is 95.0 cm³/mol. The highest BCUT2D eigenvalue weighted by atomic mass is 16.5. The molecule has 0 fully saturated rings. The second kappa shape index (κ2) is 4.94. The van der Waals surface area contributed by atoms with Gasteiger partial charge in [-0.05, 0) is 22.3 Å². The quantitative estimate of drug-likeness (QED) is 0.845. The van der Waals surface area contributed by atoms with Crippen LogP contribution < -0.4 is 0 Å². The second-order valence-corrected chi connectivity index (χ2v) is 7.23. The van der Waals surface area contributed by atoms with Crippen molar-refractivity contribution in [1.29, 1.82) is 0 Å². The predicted octanol–water partition coefficient (Wildman–Crippen LogP) is 3.57. The van der Waals surface area contributed by atoms with Crippen LogP contribution in [0.15, 0.2) is 58.5 Å². The summed E-state index contributed by atoms with van der Waals surface area (Å²) in [5.74, 6) is 1.55. The molecular weight excluding hydrogens is 312 g/mol. The molecule has 0 radical (unpaired) electrons. The minimum absolute atomic E-state index is 0.147. The number of hydrogen-bond donors (Lipinski definition) is 0. The van der Waals surface area contributed by atoms with Gasteiger partial charge in [0.05, 0.1) is 6.42 Å². The molecule has 4 atom stereocenters. The van der Waals surface area contributed by atoms with E-state index in [1.807, 2.05) is 0 Å². The Bertz CT molecular complexity index is 857. The molecule has 0 saturated carbocycles. The van der Waals surface area contributed by atoms with E-state index in [4.69, 9.17) is 19.5 Å². The van der Waals surface area contributed by atoms with E-state index in [9.17, 15) is 0 Å². The Morgan fingerprint density at radius 3 is 1.72 bits per heavy atom. The van der Waals surface area contributed by atoms with Crippen molar-refractivity contribution in [1.82, 2.24) is 0 Å². The van der Waals surface area contributed by atoms with E-state index in [-0.39, 0.29) is 24.3 Å². The lowest BCUT2D eigenvalue weighted by Crippen LogP contribution is -2.17. The van der Waals surface area contributed by atoms with Crippen LogP contribution in [0, 0.1) is 0 Å². The average Bonchev–Trinajstić information content (AvgIpc) is 3.33. The van der Waals surface area contributed by atoms with Gasteiger partial charge in [0.1, 0.15) is 24.3 Å². The molecule has 0 spiro atoms. The lowest BCUT2D eigenvalue weighted by molar-refractivity contribution is 0.192. The molecule has 25 heavy (non-hydrogen) atoms. The fourth-order valence-electron chi connectivity index (χ4n) is 4.62. The largest absolute Gasteiger partial charge is 0.474 e. The Morgan fingerprint density at radius 1 is 0.720 bits per heavy atom. The maximum atomic E-state index is 6.11. The molecule has 0 unspecified atom stereocenters. The first kappa shape index (κ1) is 13.6. The van der Waals surface area contributed by atoms with Gasteiger partial charge in [0.15, 0.2) is 11.8 Å². The van der Waals surface area contributed by atoms with Gasteiger partial charge in [-0.3, -0.25) is 0 Å². The average molecular weight is 330 g/mol. The molecule has 4 aliphatic rings. The normalized spacial score (nSPS) is 30.6. The standard InChI is InChI=1S/C21H18N2O2/c1-3-7-14-12(5-1)9-16-20(14)22-18(24-16)11-19-23-21-15-8-4-2-6-13(15)10-17(21)25-19/h1-8,16-17,20-21H,9-11H2/t16-,17-,20-,21+/m1/s1. The van der Waals surface area contributed by atoms with E-state index in [2.05, 4.69) is 48.5 Å². The van der Waals surface area contributed by atoms with Gasteiger partial charge >= 0.3 is 0 Å². The van der Waals surface area contributed by atoms with Crippen LogP contribution in [0.4, 0.5) is 0 Å². The highest BCUT2D eigenvalue weighted by Gasteiger charge is 2.42. The van der Waals surface area contributed by atoms with E-state index in [1.54, 1.807) is 0 Å². The summed E-state index contributed by atoms with van der Waals surface area (Å²) in [6, 6.07) is 17.3. The van der Waals surface area contributed by atoms with Gasteiger partial charge in [-0.2, -0.15) is 0 Å². The lowest BCUT2D eigenvalue weighted by Gasteiger charge is -2.10. The Labute approximate surface area is 146 Å². The third-order valence-electron chi connectivity index (χ3n) is 5.74. The van der Waals surface area contributed by atoms with Crippen LogP contribution in [0.5, 0.6) is 0 Å². The number of hydrogen-bond acceptors (Lipinski definition) is 4. The summed E-state index contributed by atoms with van der Waals surface area (Å²) in [5, 5.41) is 0. The van der Waals surface area contributed by atoms with Crippen molar-refractivity contribution < 1.29 is 9.47 Å². The van der Waals surface area contributed by atoms with Crippen LogP contribution in [-0.4, -0.2) is 24.0 Å². The lowest BCUT2D eigenvalue weighted by atomic mass is 10.1. The first-order chi connectivity index (χ1) is 12.3. The van der Waals surface area contributed by atoms with E-state index in [0.29, 0.717) is 6.42 Å². The number of ether oxygens (including phenoxy) is 2. The first-order valence-corrected chi connectivity index (χ1v) is 8.97. The van der Waals surface area contributed by atoms with Gasteiger partial charge in [-0.25, -0.2) is 9.98 Å². The number of fused-ring (bicyclic) bond motifs is 6. The Balaban J connectivity index is 1.23. The molecule has 2 aliphatic heterocycles. The van der Waals surface area contributed by atoms with Crippen LogP contribution in [0.2, 0.25) is 0 Å². The monoisotopic (exact) mass is 330 g/mol. The first-order valence-electron chi connectivity index (χ1n) is 8.97. The molecule has 2 aliphatic carbocycles. The molecule has 6 rings (SSSR count). The van der Waals surface area contributed by atoms with Gasteiger partial charge in [-0.1, -0.05) is 48.5 Å². The molecule has 124 valence electrons. The summed E-state index contributed by atoms with van der Waals surface area (Å²) in [4.78, 5) is 9.65. The SMILES string of the molecule is c1ccc2c(c1)C[C@H]1OC(CC3=N[C@H]4c5ccccc5C[C@H]4O3)=N[C@H]21. The zero-order valence-electron chi connectivity index (χ0n) is 13.8. The van der Waals surface area contributed by atoms with Crippen LogP contribution in [-0.2, 0) is 22.3 Å². The van der Waals surface area contributed by atoms with E-state index in [1.165, 1.54) is 22.3 Å². The van der Waals surface area contributed by atoms with Gasteiger partial charge in [-0.15, -0.1) is 0 Å². The molecular formula is C21H18N2O2. The third-order valence-corrected chi connectivity index (χ3v) is 5.74. The molecule has 0 saturated heterocycles. The molecule has 0 aromatic heterocycles. The highest BCUT2D eigenvalue weighted by molar-refractivity contribution is 5.98. The van der Waals surface area contributed by atoms with Gasteiger partial charge in [0, 0.05) is 12.8 Å². The zero-order chi connectivity index (χ0) is 16.4. The van der Waals surface area contributed by atoms with Crippen molar-refractivity contribution in [3.8, 4) is 0 Å². The molecule has 4 nitrogen and oxygen atoms in total. The highest BCUT2D eigenvalue weighted by Crippen LogP contribution is 2.42. The van der Waals surface area contributed by atoms with Crippen molar-refractivity contribution in [2.24, 2.45) is 9.98 Å². The number of nitrogens with zero attached hydrogens (tertiary/aromatic N) is 2. The molecule has 0 N–H and O–H groups in total. The van der Waals surface area contributed by atoms with Crippen molar-refractivity contribution in [2.75, 3.05) is 0 Å². The minimum Gasteiger partial charge on any atom is -0.474 e. The minimum atomic E-state index is 0.147. The van der Waals surface area contributed by atoms with Crippen LogP contribution in [0.3, 0.4) is 0 Å². The van der Waals surface area contributed by atoms with Crippen LogP contribution in [0.1, 0.15) is 40.8 Å². The fourth-order valence-corrected chi connectivity index (χ4v) is 4.62. The zero-order valence-corrected chi connectivity index (χ0v) is 13.8. The molecule has 0 bridgehead atoms. The second-order valence-electron chi connectivity index (χ2n) is 7.23. The summed E-state index contributed by atoms with van der Waals surface area (Å²) in [5.41, 5.74) is 5.34. The smallest absolute Gasteiger partial charge is 0.193 e. The summed E-state index contributed by atoms with van der Waals surface area (Å²) in [6.45, 7) is 0. The van der Waals surface area contributed by atoms with Crippen LogP contribution in [0.25, 0.3) is 0 Å². The Hall–Kier alpha value is -2.62. The number of rotatable bonds is 2. The van der Waals surface area contributed by atoms with E-state index in [0.717, 1.165) is 24.6 Å². The van der Waals surface area contributed by atoms with E-state index >= 15 is 0 Å². The van der Waals surface area contributed by atoms with Gasteiger partial charge < -0.3 is 9.47 Å². The van der Waals surface area contributed by atoms with Crippen LogP contribution >= 0.6 is 0 Å². The Kier molecular flexibility index (Phi) is 2.70. The molecule has 0 amide bonds. The number of benzene rings is 2. The topological polar surface area (TPSA) is 43.2 Å². The third kappa shape index (κ3) is 2.00. The Morgan fingerprint density at radius 2 is 1.20 bits per heavy atom. The van der Waals surface area contributed by atoms with Gasteiger partial charge in [0.25, 0.3) is 0 Å². The van der Waals surface area contributed by atoms with Crippen molar-refractivity contribution in [2.45, 2.75) is 43.6 Å². The van der Waals surface area contributed by atoms with Crippen molar-refractivity contribution >= 4 is 11.8 Å². The maximum absolute atomic E-state index is 6.11. The maximum Gasteiger partial charge on any atom is 0.193 e. The number of aliphatic imine (C=N–C) groups is 2. The van der Waals surface area contributed by atoms with Crippen molar-refractivity contribution in [3.63, 3.8) is 0 Å². The molecule has 4 heteroatoms. The summed E-state index contributed by atoms with van der Waals surface area (Å²) in [7, 11) is 0. The molecule has 2 heterocycles. The van der Waals surface area contributed by atoms with Crippen molar-refractivity contribution in [3.05, 3.63) is 70.8 Å². The van der Waals surface area contributed by atoms with E-state index < -0.39 is 0 Å². The summed E-state index contributed by atoms with van der Waals surface area (Å²) >= 11 is 0. The fraction of sp³-hybridized carbons (Fsp3) is 0.333. The summed E-state index contributed by atoms with van der Waals surface area (Å²) in [6.07, 6.45) is 2.76. The van der Waals surface area contributed by atoms with Gasteiger partial charge in [0.2, 0.25) is 0 Å².